The highest BCUT2D eigenvalue weighted by molar-refractivity contribution is 7.12. The number of carbonyl (C=O) groups is 1. The van der Waals surface area contributed by atoms with Crippen molar-refractivity contribution in [3.05, 3.63) is 69.7 Å². The third kappa shape index (κ3) is 5.09. The van der Waals surface area contributed by atoms with Gasteiger partial charge in [-0.2, -0.15) is 5.10 Å². The van der Waals surface area contributed by atoms with Crippen molar-refractivity contribution in [1.82, 2.24) is 19.6 Å². The zero-order valence-electron chi connectivity index (χ0n) is 17.6. The number of hydrogen-bond donors (Lipinski definition) is 0. The molecule has 0 unspecified atom stereocenters. The molecule has 3 aromatic rings. The topological polar surface area (TPSA) is 50.6 Å². The molecule has 0 radical (unpaired) electrons. The standard InChI is InChI=1S/C23H28N4O2S/c1-3-27-15-20(13-24-27)14-25-7-9-26(10-8-25)23(28)22-12-19(17-30-22)16-29-21-6-4-5-18(2)11-21/h4-6,11-13,15,17H,3,7-10,14,16H2,1-2H3. The summed E-state index contributed by atoms with van der Waals surface area (Å²) in [6, 6.07) is 9.98. The second-order valence-electron chi connectivity index (χ2n) is 7.70. The average molecular weight is 425 g/mol. The van der Waals surface area contributed by atoms with Crippen LogP contribution in [0.25, 0.3) is 0 Å². The molecule has 6 nitrogen and oxygen atoms in total. The Bertz CT molecular complexity index is 989. The van der Waals surface area contributed by atoms with Crippen LogP contribution in [0.5, 0.6) is 5.75 Å². The smallest absolute Gasteiger partial charge is 0.264 e. The third-order valence-electron chi connectivity index (χ3n) is 5.34. The van der Waals surface area contributed by atoms with Gasteiger partial charge in [0.25, 0.3) is 5.91 Å². The van der Waals surface area contributed by atoms with E-state index in [1.54, 1.807) is 0 Å². The molecular weight excluding hydrogens is 396 g/mol. The lowest BCUT2D eigenvalue weighted by atomic mass is 10.2. The van der Waals surface area contributed by atoms with Gasteiger partial charge in [0.2, 0.25) is 0 Å². The highest BCUT2D eigenvalue weighted by Gasteiger charge is 2.23. The number of thiophene rings is 1. The second kappa shape index (κ2) is 9.45. The Morgan fingerprint density at radius 2 is 2.00 bits per heavy atom. The van der Waals surface area contributed by atoms with E-state index in [0.29, 0.717) is 6.61 Å². The van der Waals surface area contributed by atoms with Gasteiger partial charge in [0.05, 0.1) is 11.1 Å². The molecule has 1 aromatic carbocycles. The maximum atomic E-state index is 12.9. The summed E-state index contributed by atoms with van der Waals surface area (Å²) in [5.41, 5.74) is 3.44. The SMILES string of the molecule is CCn1cc(CN2CCN(C(=O)c3cc(COc4cccc(C)c4)cs3)CC2)cn1. The zero-order valence-corrected chi connectivity index (χ0v) is 18.4. The van der Waals surface area contributed by atoms with Crippen LogP contribution in [0.1, 0.15) is 33.3 Å². The normalized spacial score (nSPS) is 14.8. The number of benzene rings is 1. The summed E-state index contributed by atoms with van der Waals surface area (Å²) < 4.78 is 7.81. The van der Waals surface area contributed by atoms with Crippen molar-refractivity contribution in [2.45, 2.75) is 33.5 Å². The summed E-state index contributed by atoms with van der Waals surface area (Å²) in [4.78, 5) is 18.0. The van der Waals surface area contributed by atoms with Crippen LogP contribution < -0.4 is 4.74 Å². The van der Waals surface area contributed by atoms with Crippen molar-refractivity contribution in [2.24, 2.45) is 0 Å². The molecule has 7 heteroatoms. The van der Waals surface area contributed by atoms with Crippen LogP contribution in [0, 0.1) is 6.92 Å². The number of hydrogen-bond acceptors (Lipinski definition) is 5. The highest BCUT2D eigenvalue weighted by Crippen LogP contribution is 2.21. The van der Waals surface area contributed by atoms with Crippen molar-refractivity contribution in [3.8, 4) is 5.75 Å². The van der Waals surface area contributed by atoms with E-state index < -0.39 is 0 Å². The van der Waals surface area contributed by atoms with Crippen molar-refractivity contribution >= 4 is 17.2 Å². The van der Waals surface area contributed by atoms with Gasteiger partial charge in [-0.15, -0.1) is 11.3 Å². The maximum absolute atomic E-state index is 12.9. The van der Waals surface area contributed by atoms with Crippen LogP contribution in [-0.2, 0) is 19.7 Å². The van der Waals surface area contributed by atoms with E-state index in [1.807, 2.05) is 58.4 Å². The number of piperazine rings is 1. The summed E-state index contributed by atoms with van der Waals surface area (Å²) in [5.74, 6) is 0.981. The molecule has 1 aliphatic rings. The van der Waals surface area contributed by atoms with Crippen LogP contribution in [-0.4, -0.2) is 51.7 Å². The van der Waals surface area contributed by atoms with Crippen molar-refractivity contribution in [3.63, 3.8) is 0 Å². The first-order valence-corrected chi connectivity index (χ1v) is 11.3. The molecule has 1 saturated heterocycles. The molecule has 1 amide bonds. The summed E-state index contributed by atoms with van der Waals surface area (Å²) in [6.45, 7) is 9.68. The van der Waals surface area contributed by atoms with Crippen molar-refractivity contribution in [2.75, 3.05) is 26.2 Å². The quantitative estimate of drug-likeness (QED) is 0.579. The van der Waals surface area contributed by atoms with E-state index in [2.05, 4.69) is 23.1 Å². The molecule has 0 atom stereocenters. The van der Waals surface area contributed by atoms with E-state index >= 15 is 0 Å². The summed E-state index contributed by atoms with van der Waals surface area (Å²) >= 11 is 1.50. The first-order chi connectivity index (χ1) is 14.6. The molecule has 1 aliphatic heterocycles. The van der Waals surface area contributed by atoms with Gasteiger partial charge in [0.15, 0.2) is 0 Å². The minimum atomic E-state index is 0.125. The second-order valence-corrected chi connectivity index (χ2v) is 8.61. The third-order valence-corrected chi connectivity index (χ3v) is 6.30. The number of aromatic nitrogens is 2. The lowest BCUT2D eigenvalue weighted by Crippen LogP contribution is -2.48. The molecule has 1 fully saturated rings. The van der Waals surface area contributed by atoms with Gasteiger partial charge >= 0.3 is 0 Å². The van der Waals surface area contributed by atoms with Gasteiger partial charge in [-0.3, -0.25) is 14.4 Å². The Labute approximate surface area is 181 Å². The molecule has 0 saturated carbocycles. The molecule has 0 bridgehead atoms. The first-order valence-electron chi connectivity index (χ1n) is 10.4. The fourth-order valence-corrected chi connectivity index (χ4v) is 4.48. The molecular formula is C23H28N4O2S. The van der Waals surface area contributed by atoms with Crippen LogP contribution in [0.3, 0.4) is 0 Å². The van der Waals surface area contributed by atoms with Crippen LogP contribution in [0.4, 0.5) is 0 Å². The summed E-state index contributed by atoms with van der Waals surface area (Å²) in [6.07, 6.45) is 4.04. The van der Waals surface area contributed by atoms with Gasteiger partial charge < -0.3 is 9.64 Å². The Kier molecular flexibility index (Phi) is 6.50. The lowest BCUT2D eigenvalue weighted by molar-refractivity contribution is 0.0633. The molecule has 0 aliphatic carbocycles. The Morgan fingerprint density at radius 3 is 2.73 bits per heavy atom. The monoisotopic (exact) mass is 424 g/mol. The average Bonchev–Trinajstić information content (AvgIpc) is 3.42. The molecule has 4 rings (SSSR count). The van der Waals surface area contributed by atoms with E-state index in [9.17, 15) is 4.79 Å². The molecule has 30 heavy (non-hydrogen) atoms. The molecule has 0 spiro atoms. The Balaban J connectivity index is 1.27. The molecule has 3 heterocycles. The van der Waals surface area contributed by atoms with E-state index in [4.69, 9.17) is 4.74 Å². The van der Waals surface area contributed by atoms with E-state index in [0.717, 1.165) is 55.5 Å². The number of ether oxygens (including phenoxy) is 1. The fraction of sp³-hybridized carbons (Fsp3) is 0.391. The largest absolute Gasteiger partial charge is 0.489 e. The van der Waals surface area contributed by atoms with E-state index in [1.165, 1.54) is 22.5 Å². The first kappa shape index (κ1) is 20.6. The minimum absolute atomic E-state index is 0.125. The summed E-state index contributed by atoms with van der Waals surface area (Å²) in [7, 11) is 0. The van der Waals surface area contributed by atoms with Gasteiger partial charge in [0, 0.05) is 56.6 Å². The van der Waals surface area contributed by atoms with Gasteiger partial charge in [-0.05, 0) is 43.0 Å². The maximum Gasteiger partial charge on any atom is 0.264 e. The van der Waals surface area contributed by atoms with Gasteiger partial charge in [-0.1, -0.05) is 12.1 Å². The van der Waals surface area contributed by atoms with Crippen LogP contribution in [0.2, 0.25) is 0 Å². The van der Waals surface area contributed by atoms with Gasteiger partial charge in [-0.25, -0.2) is 0 Å². The number of amides is 1. The predicted molar refractivity (Wildman–Crippen MR) is 119 cm³/mol. The number of aryl methyl sites for hydroxylation is 2. The van der Waals surface area contributed by atoms with Gasteiger partial charge in [0.1, 0.15) is 12.4 Å². The number of rotatable bonds is 7. The number of nitrogens with zero attached hydrogens (tertiary/aromatic N) is 4. The molecule has 158 valence electrons. The van der Waals surface area contributed by atoms with Crippen molar-refractivity contribution < 1.29 is 9.53 Å². The highest BCUT2D eigenvalue weighted by atomic mass is 32.1. The van der Waals surface area contributed by atoms with E-state index in [-0.39, 0.29) is 5.91 Å². The predicted octanol–water partition coefficient (Wildman–Crippen LogP) is 3.81. The fourth-order valence-electron chi connectivity index (χ4n) is 3.62. The lowest BCUT2D eigenvalue weighted by Gasteiger charge is -2.34. The van der Waals surface area contributed by atoms with Crippen LogP contribution in [0.15, 0.2) is 48.1 Å². The Hall–Kier alpha value is -2.64. The molecule has 2 aromatic heterocycles. The summed E-state index contributed by atoms with van der Waals surface area (Å²) in [5, 5.41) is 6.36. The van der Waals surface area contributed by atoms with Crippen molar-refractivity contribution in [1.29, 1.82) is 0 Å². The number of carbonyl (C=O) groups excluding carboxylic acids is 1. The molecule has 0 N–H and O–H groups in total. The Morgan fingerprint density at radius 1 is 1.17 bits per heavy atom. The minimum Gasteiger partial charge on any atom is -0.489 e. The van der Waals surface area contributed by atoms with Crippen LogP contribution >= 0.6 is 11.3 Å². The zero-order chi connectivity index (χ0) is 20.9.